The van der Waals surface area contributed by atoms with Crippen LogP contribution in [0.2, 0.25) is 0 Å². The van der Waals surface area contributed by atoms with Crippen LogP contribution in [0.5, 0.6) is 23.0 Å². The van der Waals surface area contributed by atoms with E-state index in [0.717, 1.165) is 0 Å². The lowest BCUT2D eigenvalue weighted by Gasteiger charge is -2.32. The Hall–Kier alpha value is -2.40. The van der Waals surface area contributed by atoms with E-state index in [1.807, 2.05) is 113 Å². The third kappa shape index (κ3) is 8.12. The van der Waals surface area contributed by atoms with Crippen LogP contribution >= 0.6 is 0 Å². The Balaban J connectivity index is 2.64. The van der Waals surface area contributed by atoms with Gasteiger partial charge in [-0.2, -0.15) is 0 Å². The lowest BCUT2D eigenvalue weighted by atomic mass is 9.86. The van der Waals surface area contributed by atoms with Gasteiger partial charge in [-0.1, -0.05) is 0 Å². The molecule has 1 N–H and O–H groups in total. The number of rotatable bonds is 7. The molecule has 0 amide bonds. The van der Waals surface area contributed by atoms with Gasteiger partial charge >= 0.3 is 0 Å². The number of hydrogen-bond acceptors (Lipinski definition) is 5. The molecule has 0 saturated heterocycles. The second-order valence-electron chi connectivity index (χ2n) is 12.2. The van der Waals surface area contributed by atoms with Crippen LogP contribution in [0, 0.1) is 0 Å². The fourth-order valence-corrected chi connectivity index (χ4v) is 3.55. The largest absolute Gasteiger partial charge is 0.490 e. The van der Waals surface area contributed by atoms with Gasteiger partial charge < -0.3 is 24.1 Å². The van der Waals surface area contributed by atoms with Gasteiger partial charge in [-0.15, -0.1) is 0 Å². The van der Waals surface area contributed by atoms with E-state index in [2.05, 4.69) is 0 Å². The van der Waals surface area contributed by atoms with Crippen molar-refractivity contribution in [2.75, 3.05) is 0 Å². The van der Waals surface area contributed by atoms with Crippen molar-refractivity contribution in [3.63, 3.8) is 0 Å². The van der Waals surface area contributed by atoms with E-state index in [0.29, 0.717) is 34.1 Å². The topological polar surface area (TPSA) is 57.2 Å². The quantitative estimate of drug-likeness (QED) is 0.459. The van der Waals surface area contributed by atoms with E-state index < -0.39 is 11.2 Å². The van der Waals surface area contributed by atoms with Gasteiger partial charge in [-0.3, -0.25) is 0 Å². The van der Waals surface area contributed by atoms with Crippen molar-refractivity contribution in [2.24, 2.45) is 0 Å². The first kappa shape index (κ1) is 27.8. The normalized spacial score (nSPS) is 14.5. The highest BCUT2D eigenvalue weighted by atomic mass is 16.5. The molecule has 0 radical (unpaired) electrons. The molecule has 5 heteroatoms. The van der Waals surface area contributed by atoms with Crippen molar-refractivity contribution in [1.82, 2.24) is 0 Å². The van der Waals surface area contributed by atoms with Crippen molar-refractivity contribution in [2.45, 2.75) is 112 Å². The van der Waals surface area contributed by atoms with Gasteiger partial charge in [0.25, 0.3) is 0 Å². The summed E-state index contributed by atoms with van der Waals surface area (Å²) in [5.41, 5.74) is -1.31. The first-order valence-electron chi connectivity index (χ1n) is 12.0. The smallest absolute Gasteiger partial charge is 0.130 e. The van der Waals surface area contributed by atoms with Gasteiger partial charge in [0, 0.05) is 23.3 Å². The summed E-state index contributed by atoms with van der Waals surface area (Å²) < 4.78 is 24.5. The zero-order valence-corrected chi connectivity index (χ0v) is 23.1. The Labute approximate surface area is 206 Å². The van der Waals surface area contributed by atoms with Gasteiger partial charge in [0.05, 0.1) is 6.10 Å². The zero-order valence-electron chi connectivity index (χ0n) is 23.1. The highest BCUT2D eigenvalue weighted by Gasteiger charge is 2.34. The van der Waals surface area contributed by atoms with E-state index in [-0.39, 0.29) is 17.3 Å². The minimum Gasteiger partial charge on any atom is -0.490 e. The predicted octanol–water partition coefficient (Wildman–Crippen LogP) is 7.26. The molecule has 0 aromatic heterocycles. The molecule has 2 aromatic carbocycles. The van der Waals surface area contributed by atoms with Gasteiger partial charge in [0.15, 0.2) is 0 Å². The van der Waals surface area contributed by atoms with Gasteiger partial charge in [0.1, 0.15) is 45.4 Å². The Kier molecular flexibility index (Phi) is 7.94. The Bertz CT molecular complexity index is 969. The highest BCUT2D eigenvalue weighted by Crippen LogP contribution is 2.43. The third-order valence-electron chi connectivity index (χ3n) is 4.58. The summed E-state index contributed by atoms with van der Waals surface area (Å²) >= 11 is 0. The summed E-state index contributed by atoms with van der Waals surface area (Å²) in [4.78, 5) is 0. The molecule has 0 heterocycles. The van der Waals surface area contributed by atoms with Gasteiger partial charge in [-0.25, -0.2) is 0 Å². The maximum atomic E-state index is 11.9. The SMILES string of the molecule is CC(C)Oc1cc(OC(C)(C)C)ccc1C(C)(O)c1ccc(OC(C)(C)C)cc1OC(C)(C)C. The molecule has 0 aliphatic rings. The van der Waals surface area contributed by atoms with Gasteiger partial charge in [0.2, 0.25) is 0 Å². The van der Waals surface area contributed by atoms with Crippen LogP contribution in [-0.4, -0.2) is 28.0 Å². The molecule has 0 saturated carbocycles. The number of benzene rings is 2. The third-order valence-corrected chi connectivity index (χ3v) is 4.58. The standard InChI is InChI=1S/C29H44O5/c1-19(2)31-24-17-20(32-26(3,4)5)13-15-22(24)29(12,30)23-16-14-21(33-27(6,7)8)18-25(23)34-28(9,10)11/h13-19,30H,1-12H3. The van der Waals surface area contributed by atoms with E-state index >= 15 is 0 Å². The molecule has 2 rings (SSSR count). The first-order chi connectivity index (χ1) is 15.3. The van der Waals surface area contributed by atoms with Crippen molar-refractivity contribution < 1.29 is 24.1 Å². The Morgan fingerprint density at radius 2 is 0.971 bits per heavy atom. The fourth-order valence-electron chi connectivity index (χ4n) is 3.55. The molecular formula is C29H44O5. The molecule has 2 aromatic rings. The number of hydrogen-bond donors (Lipinski definition) is 1. The van der Waals surface area contributed by atoms with Gasteiger partial charge in [-0.05, 0) is 107 Å². The summed E-state index contributed by atoms with van der Waals surface area (Å²) in [6.07, 6.45) is -0.0766. The molecular weight excluding hydrogens is 428 g/mol. The summed E-state index contributed by atoms with van der Waals surface area (Å²) in [7, 11) is 0. The number of ether oxygens (including phenoxy) is 4. The summed E-state index contributed by atoms with van der Waals surface area (Å²) in [6.45, 7) is 23.6. The lowest BCUT2D eigenvalue weighted by molar-refractivity contribution is 0.0787. The van der Waals surface area contributed by atoms with E-state index in [1.54, 1.807) is 6.92 Å². The molecule has 0 fully saturated rings. The second-order valence-corrected chi connectivity index (χ2v) is 12.2. The van der Waals surface area contributed by atoms with E-state index in [4.69, 9.17) is 18.9 Å². The van der Waals surface area contributed by atoms with Crippen molar-refractivity contribution in [1.29, 1.82) is 0 Å². The minimum atomic E-state index is -1.40. The Morgan fingerprint density at radius 1 is 0.588 bits per heavy atom. The minimum absolute atomic E-state index is 0.0766. The molecule has 5 nitrogen and oxygen atoms in total. The molecule has 0 aliphatic heterocycles. The van der Waals surface area contributed by atoms with Crippen LogP contribution in [0.4, 0.5) is 0 Å². The second kappa shape index (κ2) is 9.69. The molecule has 190 valence electrons. The maximum absolute atomic E-state index is 11.9. The fraction of sp³-hybridized carbons (Fsp3) is 0.586. The average Bonchev–Trinajstić information content (AvgIpc) is 2.56. The van der Waals surface area contributed by atoms with Crippen molar-refractivity contribution >= 4 is 0 Å². The van der Waals surface area contributed by atoms with Crippen LogP contribution in [0.15, 0.2) is 36.4 Å². The zero-order chi connectivity index (χ0) is 26.1. The number of aliphatic hydroxyl groups is 1. The van der Waals surface area contributed by atoms with E-state index in [9.17, 15) is 5.11 Å². The molecule has 1 atom stereocenters. The highest BCUT2D eigenvalue weighted by molar-refractivity contribution is 5.53. The van der Waals surface area contributed by atoms with Crippen LogP contribution in [0.3, 0.4) is 0 Å². The lowest BCUT2D eigenvalue weighted by Crippen LogP contribution is -2.29. The molecule has 1 unspecified atom stereocenters. The molecule has 0 aliphatic carbocycles. The van der Waals surface area contributed by atoms with Crippen LogP contribution < -0.4 is 18.9 Å². The summed E-state index contributed by atoms with van der Waals surface area (Å²) in [6, 6.07) is 11.1. The maximum Gasteiger partial charge on any atom is 0.130 e. The first-order valence-corrected chi connectivity index (χ1v) is 12.0. The Morgan fingerprint density at radius 3 is 1.35 bits per heavy atom. The van der Waals surface area contributed by atoms with Crippen LogP contribution in [-0.2, 0) is 5.60 Å². The monoisotopic (exact) mass is 472 g/mol. The van der Waals surface area contributed by atoms with Crippen LogP contribution in [0.1, 0.15) is 94.2 Å². The summed E-state index contributed by atoms with van der Waals surface area (Å²) in [5.74, 6) is 2.49. The van der Waals surface area contributed by atoms with Crippen molar-refractivity contribution in [3.05, 3.63) is 47.5 Å². The molecule has 0 bridgehead atoms. The summed E-state index contributed by atoms with van der Waals surface area (Å²) in [5, 5.41) is 11.9. The van der Waals surface area contributed by atoms with Crippen LogP contribution in [0.25, 0.3) is 0 Å². The van der Waals surface area contributed by atoms with E-state index in [1.165, 1.54) is 0 Å². The molecule has 34 heavy (non-hydrogen) atoms. The predicted molar refractivity (Wildman–Crippen MR) is 138 cm³/mol. The van der Waals surface area contributed by atoms with Crippen molar-refractivity contribution in [3.8, 4) is 23.0 Å². The molecule has 0 spiro atoms. The average molecular weight is 473 g/mol.